The highest BCUT2D eigenvalue weighted by molar-refractivity contribution is 5.71. The highest BCUT2D eigenvalue weighted by Gasteiger charge is 2.30. The average Bonchev–Trinajstić information content (AvgIpc) is 1.50. The van der Waals surface area contributed by atoms with Gasteiger partial charge in [0, 0.05) is 211 Å². The van der Waals surface area contributed by atoms with Gasteiger partial charge in [0.1, 0.15) is 39.9 Å². The number of rotatable bonds is 15. The number of halogens is 5. The number of benzene rings is 2. The fourth-order valence-corrected chi connectivity index (χ4v) is 19.2. The summed E-state index contributed by atoms with van der Waals surface area (Å²) in [5.74, 6) is -0.461. The lowest BCUT2D eigenvalue weighted by atomic mass is 10.1. The van der Waals surface area contributed by atoms with E-state index in [1.54, 1.807) is 127 Å². The molecular weight excluding hydrogens is 1840 g/mol. The molecule has 5 saturated heterocycles. The molecule has 144 heavy (non-hydrogen) atoms. The van der Waals surface area contributed by atoms with E-state index in [1.807, 2.05) is 81.0 Å². The number of anilines is 5. The summed E-state index contributed by atoms with van der Waals surface area (Å²) in [6.45, 7) is 14.3. The van der Waals surface area contributed by atoms with Crippen LogP contribution in [-0.2, 0) is 0 Å². The van der Waals surface area contributed by atoms with Crippen molar-refractivity contribution in [3.05, 3.63) is 312 Å². The summed E-state index contributed by atoms with van der Waals surface area (Å²) < 4.78 is 93.8. The molecule has 4 N–H and O–H groups in total. The van der Waals surface area contributed by atoms with Gasteiger partial charge in [-0.25, -0.2) is 61.8 Å². The second-order valence-corrected chi connectivity index (χ2v) is 38.0. The predicted molar refractivity (Wildman–Crippen MR) is 550 cm³/mol. The minimum Gasteiger partial charge on any atom is -0.494 e. The zero-order valence-electron chi connectivity index (χ0n) is 81.8. The molecule has 0 saturated carbocycles. The Morgan fingerprint density at radius 2 is 0.576 bits per heavy atom. The molecule has 0 amide bonds. The van der Waals surface area contributed by atoms with Crippen LogP contribution in [0.2, 0.25) is 0 Å². The van der Waals surface area contributed by atoms with Crippen molar-refractivity contribution in [3.63, 3.8) is 0 Å². The zero-order chi connectivity index (χ0) is 101. The number of pyridine rings is 8. The fourth-order valence-electron chi connectivity index (χ4n) is 19.2. The number of nitrogens with zero attached hydrogens (tertiary/aromatic N) is 24. The second kappa shape index (κ2) is 40.8. The van der Waals surface area contributed by atoms with Gasteiger partial charge < -0.3 is 73.3 Å². The number of fused-ring (bicyclic) bond motifs is 8. The number of imidazole rings is 3. The van der Waals surface area contributed by atoms with Gasteiger partial charge in [0.25, 0.3) is 27.8 Å². The number of methoxy groups -OCH3 is 2. The Morgan fingerprint density at radius 3 is 0.917 bits per heavy atom. The monoisotopic (exact) mass is 1950 g/mol. The maximum Gasteiger partial charge on any atom is 0.259 e. The average molecular weight is 1960 g/mol. The summed E-state index contributed by atoms with van der Waals surface area (Å²) in [5.41, 5.74) is 25.4. The molecule has 0 aliphatic carbocycles. The van der Waals surface area contributed by atoms with Gasteiger partial charge in [0.05, 0.1) is 65.4 Å². The normalized spacial score (nSPS) is 16.3. The van der Waals surface area contributed by atoms with E-state index >= 15 is 0 Å². The molecule has 3 atom stereocenters. The highest BCUT2D eigenvalue weighted by atomic mass is 19.1. The van der Waals surface area contributed by atoms with E-state index in [9.17, 15) is 45.9 Å². The Kier molecular flexibility index (Phi) is 27.5. The number of hydrogen-bond donors (Lipinski definition) is 2. The summed E-state index contributed by atoms with van der Waals surface area (Å²) in [5, 5.41) is 0. The summed E-state index contributed by atoms with van der Waals surface area (Å²) in [4.78, 5) is 117. The van der Waals surface area contributed by atoms with Crippen molar-refractivity contribution in [1.82, 2.24) is 89.8 Å². The van der Waals surface area contributed by atoms with E-state index in [0.29, 0.717) is 103 Å². The molecule has 5 fully saturated rings. The number of hydrogen-bond acceptors (Lipinski definition) is 25. The molecule has 38 heteroatoms. The van der Waals surface area contributed by atoms with Gasteiger partial charge in [-0.2, -0.15) is 0 Å². The fraction of sp³-hybridized carbons (Fsp3) is 0.311. The minimum absolute atomic E-state index is 0.149. The Balaban J connectivity index is 0.000000114. The molecule has 742 valence electrons. The Morgan fingerprint density at radius 1 is 0.292 bits per heavy atom. The maximum absolute atomic E-state index is 14.5. The van der Waals surface area contributed by atoms with Gasteiger partial charge in [0.15, 0.2) is 57.5 Å². The summed E-state index contributed by atoms with van der Waals surface area (Å²) in [6.07, 6.45) is 26.3. The Hall–Kier alpha value is -15.6. The van der Waals surface area contributed by atoms with Crippen LogP contribution in [0.1, 0.15) is 62.0 Å². The molecule has 2 aromatic carbocycles. The van der Waals surface area contributed by atoms with Crippen LogP contribution in [0.5, 0.6) is 11.5 Å². The Bertz CT molecular complexity index is 8060. The van der Waals surface area contributed by atoms with E-state index < -0.39 is 29.1 Å². The summed E-state index contributed by atoms with van der Waals surface area (Å²) in [6, 6.07) is 41.7. The Labute approximate surface area is 823 Å². The van der Waals surface area contributed by atoms with Crippen LogP contribution >= 0.6 is 0 Å². The quantitative estimate of drug-likeness (QED) is 0.0901. The molecule has 5 aliphatic rings. The van der Waals surface area contributed by atoms with Crippen LogP contribution in [0, 0.1) is 49.9 Å². The van der Waals surface area contributed by atoms with Crippen LogP contribution in [0.4, 0.5) is 50.6 Å². The molecule has 23 rings (SSSR count). The van der Waals surface area contributed by atoms with Crippen LogP contribution in [0.3, 0.4) is 0 Å². The largest absolute Gasteiger partial charge is 0.494 e. The molecule has 33 nitrogen and oxygen atoms in total. The second-order valence-electron chi connectivity index (χ2n) is 38.0. The molecule has 0 radical (unpaired) electrons. The van der Waals surface area contributed by atoms with Gasteiger partial charge in [0.2, 0.25) is 0 Å². The van der Waals surface area contributed by atoms with Gasteiger partial charge >= 0.3 is 0 Å². The molecular formula is C106H111F5N26O7. The number of ether oxygens (including phenoxy) is 2. The van der Waals surface area contributed by atoms with Crippen LogP contribution in [-0.4, -0.2) is 242 Å². The molecule has 21 heterocycles. The van der Waals surface area contributed by atoms with Crippen LogP contribution < -0.4 is 73.2 Å². The number of likely N-dealkylation sites (N-methyl/N-ethyl adjacent to an activating group) is 3. The molecule has 0 unspecified atom stereocenters. The lowest BCUT2D eigenvalue weighted by Crippen LogP contribution is -2.40. The minimum atomic E-state index is -0.448. The number of piperidine rings is 2. The smallest absolute Gasteiger partial charge is 0.259 e. The summed E-state index contributed by atoms with van der Waals surface area (Å²) >= 11 is 0. The van der Waals surface area contributed by atoms with Crippen molar-refractivity contribution in [2.75, 3.05) is 146 Å². The van der Waals surface area contributed by atoms with Crippen molar-refractivity contribution >= 4 is 73.9 Å². The first kappa shape index (κ1) is 97.2. The molecule has 16 aromatic heterocycles. The third-order valence-corrected chi connectivity index (χ3v) is 27.5. The van der Waals surface area contributed by atoms with Gasteiger partial charge in [-0.1, -0.05) is 12.1 Å². The van der Waals surface area contributed by atoms with Gasteiger partial charge in [-0.05, 0) is 233 Å². The van der Waals surface area contributed by atoms with Crippen molar-refractivity contribution in [2.24, 2.45) is 11.5 Å². The number of nitrogens with two attached hydrogens (primary N) is 2. The van der Waals surface area contributed by atoms with Gasteiger partial charge in [-0.15, -0.1) is 0 Å². The zero-order valence-corrected chi connectivity index (χ0v) is 81.8. The molecule has 0 bridgehead atoms. The van der Waals surface area contributed by atoms with E-state index in [1.165, 1.54) is 76.0 Å². The number of aromatic nitrogens is 16. The van der Waals surface area contributed by atoms with Crippen LogP contribution in [0.15, 0.2) is 238 Å². The van der Waals surface area contributed by atoms with E-state index in [0.717, 1.165) is 156 Å². The topological polar surface area (TPSA) is 320 Å². The maximum atomic E-state index is 14.5. The molecule has 0 spiro atoms. The van der Waals surface area contributed by atoms with Crippen molar-refractivity contribution in [3.8, 4) is 67.5 Å². The SMILES string of the molecule is COc1ccc(-c2ccc3nc(N4CCC(N)CC4)cc(=O)n3c2)cc1F.COc1ccc(-c2ccc3nc(N4CC[C@@H](N(C)C)C4)cc(=O)n3c2)cc1F.Cc1cn2cc(-c3cc(=O)n4cc(N5CCC(N)CC5)ccc4n3)cc(F)c2n1.Cc1cn2cc(-c3cc(=O)n4cc(N5CC[C@@H](N(C)C)C5)ccc4n3)cc(F)c2n1.Cc1cn2cc(-c3cc(=O)n4cc(N5CC[C@H](N(C)C)C5)ccc4n3)cc(F)c2n1. The first-order valence-corrected chi connectivity index (χ1v) is 47.8. The molecule has 5 aliphatic heterocycles. The summed E-state index contributed by atoms with van der Waals surface area (Å²) in [7, 11) is 15.4. The lowest BCUT2D eigenvalue weighted by molar-refractivity contribution is 0.315. The third-order valence-electron chi connectivity index (χ3n) is 27.5. The molecule has 18 aromatic rings. The van der Waals surface area contributed by atoms with Gasteiger partial charge in [-0.3, -0.25) is 46.0 Å². The standard InChI is InChI=1S/2C22H23FN6O.C21H21FN6O.C21H23FN4O2.C20H21FN4O2/c2*1-14-10-28-11-15(8-18(23)22(28)24-14)19-9-21(30)29-13-17(4-5-20(29)25-19)27-7-6-16(12-27)26(2)3;1-13-10-27-11-14(8-17(22)21(27)24-13)18-9-20(29)28-12-16(2-3-19(28)25-18)26-6-4-15(23)5-7-26;1-24(2)16-8-9-25(13-16)20-11-21(27)26-12-15(5-7-19(26)23-20)14-4-6-18(28-3)17(22)10-14;1-27-17-4-2-13(10-16(17)21)14-3-5-18-23-19(11-20(26)25(18)12-14)24-8-6-15(22)7-9-24/h2*4-5,8-11,13,16H,6-7,12H2,1-3H3;2-3,8-12,15H,4-7,23H2,1H3;4-7,10-12,16H,8-9,13H2,1-3H3;2-5,10-12,15H,6-9,22H2,1H3/t2*16-;;16-;/m10.1./s1. The van der Waals surface area contributed by atoms with Crippen molar-refractivity contribution in [1.29, 1.82) is 0 Å². The van der Waals surface area contributed by atoms with E-state index in [2.05, 4.69) is 121 Å². The highest BCUT2D eigenvalue weighted by Crippen LogP contribution is 2.34. The van der Waals surface area contributed by atoms with Crippen LogP contribution in [0.25, 0.3) is 101 Å². The van der Waals surface area contributed by atoms with E-state index in [-0.39, 0.29) is 68.3 Å². The lowest BCUT2D eigenvalue weighted by Gasteiger charge is -2.32. The van der Waals surface area contributed by atoms with Crippen molar-refractivity contribution < 1.29 is 31.4 Å². The first-order valence-electron chi connectivity index (χ1n) is 47.8. The number of aryl methyl sites for hydroxylation is 3. The van der Waals surface area contributed by atoms with E-state index in [4.69, 9.17) is 20.9 Å². The third kappa shape index (κ3) is 20.6. The van der Waals surface area contributed by atoms with Crippen molar-refractivity contribution in [2.45, 2.75) is 95.9 Å². The predicted octanol–water partition coefficient (Wildman–Crippen LogP) is 12.7. The first-order chi connectivity index (χ1) is 69.2.